The van der Waals surface area contributed by atoms with Gasteiger partial charge in [-0.25, -0.2) is 0 Å². The van der Waals surface area contributed by atoms with Crippen molar-refractivity contribution in [3.05, 3.63) is 29.1 Å². The van der Waals surface area contributed by atoms with Crippen molar-refractivity contribution < 1.29 is 13.2 Å². The zero-order chi connectivity index (χ0) is 17.6. The number of hydrogen-bond acceptors (Lipinski definition) is 4. The first-order valence-corrected chi connectivity index (χ1v) is 9.59. The second-order valence-corrected chi connectivity index (χ2v) is 8.02. The minimum atomic E-state index is -4.28. The maximum absolute atomic E-state index is 12.9. The molecule has 0 spiro atoms. The number of thiophene rings is 1. The maximum atomic E-state index is 12.9. The van der Waals surface area contributed by atoms with Gasteiger partial charge in [-0.05, 0) is 36.9 Å². The molecule has 2 atom stereocenters. The lowest BCUT2D eigenvalue weighted by Crippen LogP contribution is -2.47. The van der Waals surface area contributed by atoms with Gasteiger partial charge < -0.3 is 10.6 Å². The molecule has 1 unspecified atom stereocenters. The molecular weight excluding hydrogens is 347 g/mol. The molecule has 2 aromatic rings. The van der Waals surface area contributed by atoms with Gasteiger partial charge in [0.15, 0.2) is 0 Å². The number of piperazine rings is 1. The number of hydrogen-bond donors (Lipinski definition) is 1. The molecule has 1 aliphatic heterocycles. The largest absolute Gasteiger partial charge is 0.416 e. The van der Waals surface area contributed by atoms with E-state index in [2.05, 4.69) is 9.80 Å². The molecule has 4 rings (SSSR count). The Kier molecular flexibility index (Phi) is 4.42. The molecule has 3 nitrogen and oxygen atoms in total. The summed E-state index contributed by atoms with van der Waals surface area (Å²) in [5.41, 5.74) is 6.21. The minimum Gasteiger partial charge on any atom is -0.368 e. The third-order valence-corrected chi connectivity index (χ3v) is 6.39. The number of benzene rings is 1. The molecule has 25 heavy (non-hydrogen) atoms. The van der Waals surface area contributed by atoms with E-state index in [-0.39, 0.29) is 0 Å². The van der Waals surface area contributed by atoms with Crippen LogP contribution < -0.4 is 10.6 Å². The van der Waals surface area contributed by atoms with Crippen LogP contribution in [0.3, 0.4) is 0 Å². The normalized spacial score (nSPS) is 24.9. The molecule has 7 heteroatoms. The number of alkyl halides is 3. The summed E-state index contributed by atoms with van der Waals surface area (Å²) in [7, 11) is 0. The van der Waals surface area contributed by atoms with Crippen LogP contribution in [0.5, 0.6) is 0 Å². The van der Waals surface area contributed by atoms with E-state index in [1.165, 1.54) is 29.9 Å². The van der Waals surface area contributed by atoms with Gasteiger partial charge in [0.1, 0.15) is 0 Å². The van der Waals surface area contributed by atoms with E-state index in [0.29, 0.717) is 10.6 Å². The van der Waals surface area contributed by atoms with E-state index in [9.17, 15) is 13.2 Å². The van der Waals surface area contributed by atoms with Crippen LogP contribution in [-0.2, 0) is 6.18 Å². The number of nitrogens with zero attached hydrogens (tertiary/aromatic N) is 2. The van der Waals surface area contributed by atoms with Crippen molar-refractivity contribution in [1.29, 1.82) is 0 Å². The van der Waals surface area contributed by atoms with E-state index in [1.54, 1.807) is 6.07 Å². The van der Waals surface area contributed by atoms with Crippen molar-refractivity contribution in [1.82, 2.24) is 4.90 Å². The number of halogens is 3. The molecule has 1 aromatic carbocycles. The number of nitrogens with two attached hydrogens (primary N) is 1. The predicted molar refractivity (Wildman–Crippen MR) is 96.1 cm³/mol. The summed E-state index contributed by atoms with van der Waals surface area (Å²) >= 11 is 1.39. The topological polar surface area (TPSA) is 32.5 Å². The van der Waals surface area contributed by atoms with Gasteiger partial charge in [0, 0.05) is 48.2 Å². The highest BCUT2D eigenvalue weighted by molar-refractivity contribution is 7.17. The van der Waals surface area contributed by atoms with Crippen molar-refractivity contribution in [2.45, 2.75) is 12.6 Å². The molecule has 2 fully saturated rings. The highest BCUT2D eigenvalue weighted by Crippen LogP contribution is 2.39. The standard InChI is InChI=1S/C18H22F3N3S/c19-18(20,21)14-1-2-15-16(11-25-17(15)8-14)24-5-3-23(4-6-24)10-13-7-12(13)9-22/h1-2,8,11-13H,3-7,9-10,22H2/t12?,13-/m0/s1. The van der Waals surface area contributed by atoms with Gasteiger partial charge >= 0.3 is 6.18 Å². The fourth-order valence-corrected chi connectivity index (χ4v) is 4.77. The third kappa shape index (κ3) is 3.50. The van der Waals surface area contributed by atoms with E-state index in [4.69, 9.17) is 5.73 Å². The second kappa shape index (κ2) is 6.45. The summed E-state index contributed by atoms with van der Waals surface area (Å²) in [5, 5.41) is 2.92. The monoisotopic (exact) mass is 369 g/mol. The van der Waals surface area contributed by atoms with Crippen LogP contribution in [0.15, 0.2) is 23.6 Å². The average Bonchev–Trinajstić information content (AvgIpc) is 3.20. The molecular formula is C18H22F3N3S. The second-order valence-electron chi connectivity index (χ2n) is 7.11. The zero-order valence-corrected chi connectivity index (χ0v) is 14.7. The number of fused-ring (bicyclic) bond motifs is 1. The molecule has 1 aliphatic carbocycles. The lowest BCUT2D eigenvalue weighted by molar-refractivity contribution is -0.137. The lowest BCUT2D eigenvalue weighted by Gasteiger charge is -2.36. The molecule has 1 saturated carbocycles. The molecule has 0 radical (unpaired) electrons. The average molecular weight is 369 g/mol. The minimum absolute atomic E-state index is 0.572. The molecule has 1 aromatic heterocycles. The van der Waals surface area contributed by atoms with E-state index >= 15 is 0 Å². The summed E-state index contributed by atoms with van der Waals surface area (Å²) in [5.74, 6) is 1.47. The predicted octanol–water partition coefficient (Wildman–Crippen LogP) is 3.64. The Labute approximate surface area is 149 Å². The first kappa shape index (κ1) is 17.1. The van der Waals surface area contributed by atoms with Crippen molar-refractivity contribution in [2.24, 2.45) is 17.6 Å². The van der Waals surface area contributed by atoms with Crippen molar-refractivity contribution in [3.8, 4) is 0 Å². The van der Waals surface area contributed by atoms with Crippen LogP contribution in [0.25, 0.3) is 10.1 Å². The Morgan fingerprint density at radius 2 is 1.88 bits per heavy atom. The fraction of sp³-hybridized carbons (Fsp3) is 0.556. The molecule has 2 heterocycles. The summed E-state index contributed by atoms with van der Waals surface area (Å²) in [4.78, 5) is 4.79. The van der Waals surface area contributed by atoms with Gasteiger partial charge in [-0.1, -0.05) is 6.07 Å². The van der Waals surface area contributed by atoms with Gasteiger partial charge in [0.2, 0.25) is 0 Å². The van der Waals surface area contributed by atoms with Gasteiger partial charge in [-0.15, -0.1) is 11.3 Å². The van der Waals surface area contributed by atoms with Gasteiger partial charge in [-0.2, -0.15) is 13.2 Å². The third-order valence-electron chi connectivity index (χ3n) is 5.46. The van der Waals surface area contributed by atoms with Crippen molar-refractivity contribution in [3.63, 3.8) is 0 Å². The summed E-state index contributed by atoms with van der Waals surface area (Å²) in [6.45, 7) is 5.79. The molecule has 2 aliphatic rings. The highest BCUT2D eigenvalue weighted by Gasteiger charge is 2.37. The molecule has 2 N–H and O–H groups in total. The van der Waals surface area contributed by atoms with Crippen LogP contribution >= 0.6 is 11.3 Å². The van der Waals surface area contributed by atoms with Crippen molar-refractivity contribution in [2.75, 3.05) is 44.2 Å². The highest BCUT2D eigenvalue weighted by atomic mass is 32.1. The first-order valence-electron chi connectivity index (χ1n) is 8.71. The Morgan fingerprint density at radius 1 is 1.12 bits per heavy atom. The van der Waals surface area contributed by atoms with E-state index in [0.717, 1.165) is 56.3 Å². The summed E-state index contributed by atoms with van der Waals surface area (Å²) in [6.07, 6.45) is -3.03. The molecule has 1 saturated heterocycles. The quantitative estimate of drug-likeness (QED) is 0.893. The maximum Gasteiger partial charge on any atom is 0.416 e. The Hall–Kier alpha value is -1.31. The van der Waals surface area contributed by atoms with Crippen LogP contribution in [0.4, 0.5) is 18.9 Å². The Bertz CT molecular complexity index is 750. The van der Waals surface area contributed by atoms with E-state index < -0.39 is 11.7 Å². The van der Waals surface area contributed by atoms with Crippen LogP contribution in [0.2, 0.25) is 0 Å². The van der Waals surface area contributed by atoms with Gasteiger partial charge in [0.25, 0.3) is 0 Å². The number of anilines is 1. The molecule has 136 valence electrons. The smallest absolute Gasteiger partial charge is 0.368 e. The lowest BCUT2D eigenvalue weighted by atomic mass is 10.1. The van der Waals surface area contributed by atoms with Crippen LogP contribution in [0.1, 0.15) is 12.0 Å². The van der Waals surface area contributed by atoms with E-state index in [1.807, 2.05) is 5.38 Å². The van der Waals surface area contributed by atoms with Crippen molar-refractivity contribution >= 4 is 27.1 Å². The zero-order valence-electron chi connectivity index (χ0n) is 13.9. The summed E-state index contributed by atoms with van der Waals surface area (Å²) < 4.78 is 39.3. The number of rotatable bonds is 4. The van der Waals surface area contributed by atoms with Gasteiger partial charge in [-0.3, -0.25) is 4.90 Å². The fourth-order valence-electron chi connectivity index (χ4n) is 3.76. The SMILES string of the molecule is NCC1C[C@H]1CN1CCN(c2csc3cc(C(F)(F)F)ccc23)CC1. The summed E-state index contributed by atoms with van der Waals surface area (Å²) in [6, 6.07) is 4.07. The van der Waals surface area contributed by atoms with Crippen LogP contribution in [0, 0.1) is 11.8 Å². The van der Waals surface area contributed by atoms with Crippen LogP contribution in [-0.4, -0.2) is 44.2 Å². The molecule has 0 bridgehead atoms. The van der Waals surface area contributed by atoms with Gasteiger partial charge in [0.05, 0.1) is 11.3 Å². The first-order chi connectivity index (χ1) is 12.0. The molecule has 0 amide bonds. The Balaban J connectivity index is 1.43. The Morgan fingerprint density at radius 3 is 2.52 bits per heavy atom.